The molecule has 0 fully saturated rings. The van der Waals surface area contributed by atoms with Crippen LogP contribution in [0.3, 0.4) is 0 Å². The molecule has 0 saturated heterocycles. The van der Waals surface area contributed by atoms with Gasteiger partial charge in [0.25, 0.3) is 0 Å². The van der Waals surface area contributed by atoms with E-state index in [4.69, 9.17) is 9.15 Å². The molecular formula is C29H27NO5. The van der Waals surface area contributed by atoms with Gasteiger partial charge in [0, 0.05) is 29.1 Å². The average Bonchev–Trinajstić information content (AvgIpc) is 2.86. The van der Waals surface area contributed by atoms with Gasteiger partial charge in [-0.15, -0.1) is 6.58 Å². The van der Waals surface area contributed by atoms with Crippen LogP contribution in [0.1, 0.15) is 17.5 Å². The molecule has 0 radical (unpaired) electrons. The van der Waals surface area contributed by atoms with Crippen LogP contribution in [0, 0.1) is 0 Å². The Bertz CT molecular complexity index is 1450. The maximum atomic E-state index is 12.3. The van der Waals surface area contributed by atoms with Crippen molar-refractivity contribution in [1.82, 2.24) is 0 Å². The Hall–Kier alpha value is -4.45. The van der Waals surface area contributed by atoms with Crippen LogP contribution in [0.2, 0.25) is 0 Å². The fourth-order valence-electron chi connectivity index (χ4n) is 3.81. The van der Waals surface area contributed by atoms with Crippen molar-refractivity contribution in [1.29, 1.82) is 0 Å². The third-order valence-electron chi connectivity index (χ3n) is 5.65. The molecule has 4 rings (SSSR count). The molecule has 0 spiro atoms. The molecular weight excluding hydrogens is 442 g/mol. The van der Waals surface area contributed by atoms with Crippen molar-refractivity contribution in [2.75, 3.05) is 19.0 Å². The van der Waals surface area contributed by atoms with Gasteiger partial charge in [-0.25, -0.2) is 4.79 Å². The lowest BCUT2D eigenvalue weighted by Gasteiger charge is -2.09. The quantitative estimate of drug-likeness (QED) is 0.155. The number of anilines is 1. The first-order valence-electron chi connectivity index (χ1n) is 11.3. The number of fused-ring (bicyclic) bond motifs is 1. The number of rotatable bonds is 9. The van der Waals surface area contributed by atoms with Crippen LogP contribution in [-0.4, -0.2) is 23.9 Å². The molecule has 35 heavy (non-hydrogen) atoms. The molecule has 0 aliphatic heterocycles. The van der Waals surface area contributed by atoms with Gasteiger partial charge in [-0.1, -0.05) is 30.4 Å². The van der Waals surface area contributed by atoms with E-state index in [1.807, 2.05) is 48.6 Å². The molecule has 3 N–H and O–H groups in total. The standard InChI is InChI=1S/C29H27NO5/c1-3-6-19-8-12-27(32)24(15-19)20-10-13-26(31)21(16-20)7-4-5-14-30-25-17-22-9-11-23(34-2)18-28(22)35-29(25)33/h3-4,7-13,15-18,30-32H,1,5-6,14H2,2H3/b7-4-. The summed E-state index contributed by atoms with van der Waals surface area (Å²) in [5.41, 5.74) is 3.58. The SMILES string of the molecule is C=CCc1ccc(O)c(-c2ccc(O)c(/C=C\CCNc3cc4ccc(OC)cc4oc3=O)c2)c1. The zero-order valence-corrected chi connectivity index (χ0v) is 19.5. The lowest BCUT2D eigenvalue weighted by atomic mass is 9.98. The minimum absolute atomic E-state index is 0.144. The van der Waals surface area contributed by atoms with E-state index in [0.717, 1.165) is 16.5 Å². The molecule has 0 atom stereocenters. The normalized spacial score (nSPS) is 11.1. The van der Waals surface area contributed by atoms with Crippen LogP contribution < -0.4 is 15.7 Å². The summed E-state index contributed by atoms with van der Waals surface area (Å²) in [6, 6.07) is 17.8. The lowest BCUT2D eigenvalue weighted by molar-refractivity contribution is 0.414. The Kier molecular flexibility index (Phi) is 7.21. The van der Waals surface area contributed by atoms with Gasteiger partial charge in [-0.2, -0.15) is 0 Å². The Morgan fingerprint density at radius 1 is 1.03 bits per heavy atom. The van der Waals surface area contributed by atoms with Gasteiger partial charge >= 0.3 is 5.63 Å². The number of hydrogen-bond acceptors (Lipinski definition) is 6. The Labute approximate surface area is 203 Å². The molecule has 1 aromatic heterocycles. The predicted octanol–water partition coefficient (Wildman–Crippen LogP) is 6.12. The molecule has 0 amide bonds. The number of allylic oxidation sites excluding steroid dienone is 1. The highest BCUT2D eigenvalue weighted by atomic mass is 16.5. The van der Waals surface area contributed by atoms with E-state index in [0.29, 0.717) is 47.5 Å². The molecule has 3 aromatic carbocycles. The highest BCUT2D eigenvalue weighted by Crippen LogP contribution is 2.33. The molecule has 6 heteroatoms. The summed E-state index contributed by atoms with van der Waals surface area (Å²) in [5.74, 6) is 0.944. The number of methoxy groups -OCH3 is 1. The van der Waals surface area contributed by atoms with E-state index >= 15 is 0 Å². The topological polar surface area (TPSA) is 91.9 Å². The van der Waals surface area contributed by atoms with Gasteiger partial charge in [0.2, 0.25) is 0 Å². The maximum absolute atomic E-state index is 12.3. The summed E-state index contributed by atoms with van der Waals surface area (Å²) in [6.07, 6.45) is 6.86. The second-order valence-electron chi connectivity index (χ2n) is 8.09. The number of ether oxygens (including phenoxy) is 1. The van der Waals surface area contributed by atoms with E-state index in [1.54, 1.807) is 37.4 Å². The smallest absolute Gasteiger partial charge is 0.359 e. The Morgan fingerprint density at radius 3 is 2.66 bits per heavy atom. The summed E-state index contributed by atoms with van der Waals surface area (Å²) in [5, 5.41) is 24.5. The summed E-state index contributed by atoms with van der Waals surface area (Å²) in [4.78, 5) is 12.3. The third-order valence-corrected chi connectivity index (χ3v) is 5.65. The monoisotopic (exact) mass is 469 g/mol. The fourth-order valence-corrected chi connectivity index (χ4v) is 3.81. The first-order chi connectivity index (χ1) is 17.0. The first-order valence-corrected chi connectivity index (χ1v) is 11.3. The highest BCUT2D eigenvalue weighted by molar-refractivity contribution is 5.81. The van der Waals surface area contributed by atoms with Crippen molar-refractivity contribution in [2.45, 2.75) is 12.8 Å². The second kappa shape index (κ2) is 10.7. The summed E-state index contributed by atoms with van der Waals surface area (Å²) in [6.45, 7) is 4.27. The molecule has 0 saturated carbocycles. The average molecular weight is 470 g/mol. The molecule has 4 aromatic rings. The van der Waals surface area contributed by atoms with E-state index in [2.05, 4.69) is 11.9 Å². The van der Waals surface area contributed by atoms with Gasteiger partial charge in [0.15, 0.2) is 0 Å². The molecule has 0 unspecified atom stereocenters. The van der Waals surface area contributed by atoms with Gasteiger partial charge in [0.05, 0.1) is 7.11 Å². The van der Waals surface area contributed by atoms with Gasteiger partial charge in [-0.3, -0.25) is 0 Å². The first kappa shape index (κ1) is 23.7. The summed E-state index contributed by atoms with van der Waals surface area (Å²) >= 11 is 0. The number of nitrogens with one attached hydrogen (secondary N) is 1. The number of phenolic OH excluding ortho intramolecular Hbond substituents is 2. The van der Waals surface area contributed by atoms with Crippen LogP contribution >= 0.6 is 0 Å². The Balaban J connectivity index is 1.44. The fraction of sp³-hybridized carbons (Fsp3) is 0.138. The summed E-state index contributed by atoms with van der Waals surface area (Å²) < 4.78 is 10.6. The minimum atomic E-state index is -0.446. The number of aromatic hydroxyl groups is 2. The van der Waals surface area contributed by atoms with Crippen molar-refractivity contribution in [3.8, 4) is 28.4 Å². The van der Waals surface area contributed by atoms with Crippen molar-refractivity contribution in [2.24, 2.45) is 0 Å². The van der Waals surface area contributed by atoms with Crippen LogP contribution in [-0.2, 0) is 6.42 Å². The van der Waals surface area contributed by atoms with Crippen molar-refractivity contribution in [3.63, 3.8) is 0 Å². The minimum Gasteiger partial charge on any atom is -0.507 e. The van der Waals surface area contributed by atoms with E-state index in [1.165, 1.54) is 0 Å². The Morgan fingerprint density at radius 2 is 1.86 bits per heavy atom. The predicted molar refractivity (Wildman–Crippen MR) is 140 cm³/mol. The third kappa shape index (κ3) is 5.55. The molecule has 0 aliphatic rings. The molecule has 0 bridgehead atoms. The number of hydrogen-bond donors (Lipinski definition) is 3. The van der Waals surface area contributed by atoms with Crippen molar-refractivity contribution < 1.29 is 19.4 Å². The van der Waals surface area contributed by atoms with Gasteiger partial charge in [0.1, 0.15) is 28.5 Å². The van der Waals surface area contributed by atoms with Crippen molar-refractivity contribution >= 4 is 22.7 Å². The van der Waals surface area contributed by atoms with E-state index in [-0.39, 0.29) is 11.5 Å². The van der Waals surface area contributed by atoms with Gasteiger partial charge in [-0.05, 0) is 66.4 Å². The molecule has 178 valence electrons. The molecule has 0 aliphatic carbocycles. The van der Waals surface area contributed by atoms with Gasteiger partial charge < -0.3 is 24.7 Å². The highest BCUT2D eigenvalue weighted by Gasteiger charge is 2.09. The zero-order chi connectivity index (χ0) is 24.8. The maximum Gasteiger partial charge on any atom is 0.359 e. The molecule has 6 nitrogen and oxygen atoms in total. The van der Waals surface area contributed by atoms with Crippen LogP contribution in [0.25, 0.3) is 28.2 Å². The zero-order valence-electron chi connectivity index (χ0n) is 19.5. The largest absolute Gasteiger partial charge is 0.507 e. The van der Waals surface area contributed by atoms with Crippen molar-refractivity contribution in [3.05, 3.63) is 101 Å². The van der Waals surface area contributed by atoms with E-state index in [9.17, 15) is 15.0 Å². The molecule has 1 heterocycles. The van der Waals surface area contributed by atoms with Crippen LogP contribution in [0.5, 0.6) is 17.2 Å². The number of benzene rings is 3. The van der Waals surface area contributed by atoms with E-state index < -0.39 is 5.63 Å². The second-order valence-corrected chi connectivity index (χ2v) is 8.09. The number of phenols is 2. The van der Waals surface area contributed by atoms with Crippen LogP contribution in [0.15, 0.2) is 88.6 Å². The lowest BCUT2D eigenvalue weighted by Crippen LogP contribution is -2.11. The summed E-state index contributed by atoms with van der Waals surface area (Å²) in [7, 11) is 1.56. The van der Waals surface area contributed by atoms with Crippen LogP contribution in [0.4, 0.5) is 5.69 Å².